The molecule has 0 saturated carbocycles. The lowest BCUT2D eigenvalue weighted by Crippen LogP contribution is -2.22. The Labute approximate surface area is 100 Å². The highest BCUT2D eigenvalue weighted by molar-refractivity contribution is 9.10. The van der Waals surface area contributed by atoms with E-state index in [4.69, 9.17) is 0 Å². The maximum absolute atomic E-state index is 3.41. The van der Waals surface area contributed by atoms with Crippen LogP contribution in [0.2, 0.25) is 0 Å². The first-order chi connectivity index (χ1) is 7.33. The first-order valence-electron chi connectivity index (χ1n) is 5.57. The van der Waals surface area contributed by atoms with E-state index in [1.807, 2.05) is 6.20 Å². The topological polar surface area (TPSA) is 39.8 Å². The van der Waals surface area contributed by atoms with Crippen molar-refractivity contribution in [3.05, 3.63) is 22.4 Å². The molecule has 0 bridgehead atoms. The second kappa shape index (κ2) is 7.91. The SMILES string of the molecule is CCCNCCCNCc1cc(Br)c[nH]1. The molecule has 0 amide bonds. The van der Waals surface area contributed by atoms with Crippen LogP contribution in [0.5, 0.6) is 0 Å². The first-order valence-corrected chi connectivity index (χ1v) is 6.36. The predicted molar refractivity (Wildman–Crippen MR) is 68.0 cm³/mol. The van der Waals surface area contributed by atoms with Crippen LogP contribution in [0.3, 0.4) is 0 Å². The van der Waals surface area contributed by atoms with E-state index < -0.39 is 0 Å². The number of hydrogen-bond acceptors (Lipinski definition) is 2. The van der Waals surface area contributed by atoms with Gasteiger partial charge in [0.2, 0.25) is 0 Å². The fourth-order valence-corrected chi connectivity index (χ4v) is 1.77. The minimum absolute atomic E-state index is 0.916. The molecule has 3 N–H and O–H groups in total. The summed E-state index contributed by atoms with van der Waals surface area (Å²) in [5.74, 6) is 0. The fourth-order valence-electron chi connectivity index (χ4n) is 1.38. The Morgan fingerprint density at radius 3 is 2.73 bits per heavy atom. The van der Waals surface area contributed by atoms with Gasteiger partial charge in [-0.3, -0.25) is 0 Å². The first kappa shape index (κ1) is 12.7. The van der Waals surface area contributed by atoms with Gasteiger partial charge in [0, 0.05) is 22.9 Å². The van der Waals surface area contributed by atoms with Crippen molar-refractivity contribution in [2.75, 3.05) is 19.6 Å². The Kier molecular flexibility index (Phi) is 6.72. The predicted octanol–water partition coefficient (Wildman–Crippen LogP) is 2.26. The Hall–Kier alpha value is -0.320. The third kappa shape index (κ3) is 5.97. The summed E-state index contributed by atoms with van der Waals surface area (Å²) in [7, 11) is 0. The smallest absolute Gasteiger partial charge is 0.0357 e. The lowest BCUT2D eigenvalue weighted by Gasteiger charge is -2.04. The van der Waals surface area contributed by atoms with Gasteiger partial charge in [-0.1, -0.05) is 6.92 Å². The molecule has 0 radical (unpaired) electrons. The summed E-state index contributed by atoms with van der Waals surface area (Å²) >= 11 is 3.41. The molecule has 0 spiro atoms. The molecule has 3 nitrogen and oxygen atoms in total. The van der Waals surface area contributed by atoms with Crippen molar-refractivity contribution in [2.24, 2.45) is 0 Å². The molecule has 0 atom stereocenters. The average molecular weight is 274 g/mol. The van der Waals surface area contributed by atoms with Crippen LogP contribution in [0.25, 0.3) is 0 Å². The maximum atomic E-state index is 3.41. The molecule has 0 aliphatic heterocycles. The summed E-state index contributed by atoms with van der Waals surface area (Å²) in [6, 6.07) is 2.10. The summed E-state index contributed by atoms with van der Waals surface area (Å²) in [5, 5.41) is 6.78. The summed E-state index contributed by atoms with van der Waals surface area (Å²) in [4.78, 5) is 3.19. The largest absolute Gasteiger partial charge is 0.363 e. The van der Waals surface area contributed by atoms with Crippen LogP contribution >= 0.6 is 15.9 Å². The highest BCUT2D eigenvalue weighted by Crippen LogP contribution is 2.09. The molecular formula is C11H20BrN3. The van der Waals surface area contributed by atoms with Crippen LogP contribution in [0.4, 0.5) is 0 Å². The van der Waals surface area contributed by atoms with Crippen molar-refractivity contribution in [1.82, 2.24) is 15.6 Å². The average Bonchev–Trinajstić information content (AvgIpc) is 2.63. The van der Waals surface area contributed by atoms with Gasteiger partial charge < -0.3 is 15.6 Å². The highest BCUT2D eigenvalue weighted by Gasteiger charge is 1.95. The molecule has 0 fully saturated rings. The van der Waals surface area contributed by atoms with Gasteiger partial charge in [0.15, 0.2) is 0 Å². The normalized spacial score (nSPS) is 10.8. The Morgan fingerprint density at radius 1 is 1.27 bits per heavy atom. The fraction of sp³-hybridized carbons (Fsp3) is 0.636. The van der Waals surface area contributed by atoms with Gasteiger partial charge in [-0.05, 0) is 54.5 Å². The van der Waals surface area contributed by atoms with Gasteiger partial charge in [-0.25, -0.2) is 0 Å². The summed E-state index contributed by atoms with van der Waals surface area (Å²) in [5.41, 5.74) is 1.23. The van der Waals surface area contributed by atoms with E-state index in [-0.39, 0.29) is 0 Å². The van der Waals surface area contributed by atoms with Crippen LogP contribution < -0.4 is 10.6 Å². The Bertz CT molecular complexity index is 260. The number of nitrogens with one attached hydrogen (secondary N) is 3. The molecule has 1 aromatic heterocycles. The van der Waals surface area contributed by atoms with Crippen LogP contribution in [0.1, 0.15) is 25.5 Å². The van der Waals surface area contributed by atoms with Crippen molar-refractivity contribution in [3.63, 3.8) is 0 Å². The molecule has 0 unspecified atom stereocenters. The molecule has 1 aromatic rings. The van der Waals surface area contributed by atoms with Gasteiger partial charge in [0.1, 0.15) is 0 Å². The summed E-state index contributed by atoms with van der Waals surface area (Å²) in [6.45, 7) is 6.40. The lowest BCUT2D eigenvalue weighted by atomic mass is 10.3. The third-order valence-corrected chi connectivity index (χ3v) is 2.61. The van der Waals surface area contributed by atoms with Crippen LogP contribution in [0.15, 0.2) is 16.7 Å². The number of aromatic amines is 1. The zero-order chi connectivity index (χ0) is 10.9. The summed E-state index contributed by atoms with van der Waals surface area (Å²) in [6.07, 6.45) is 4.35. The Balaban J connectivity index is 1.93. The molecule has 15 heavy (non-hydrogen) atoms. The minimum atomic E-state index is 0.916. The van der Waals surface area contributed by atoms with Crippen LogP contribution in [0, 0.1) is 0 Å². The van der Waals surface area contributed by atoms with Gasteiger partial charge in [0.25, 0.3) is 0 Å². The molecular weight excluding hydrogens is 254 g/mol. The van der Waals surface area contributed by atoms with Gasteiger partial charge in [-0.2, -0.15) is 0 Å². The summed E-state index contributed by atoms with van der Waals surface area (Å²) < 4.78 is 1.11. The van der Waals surface area contributed by atoms with E-state index >= 15 is 0 Å². The van der Waals surface area contributed by atoms with Crippen LogP contribution in [-0.2, 0) is 6.54 Å². The lowest BCUT2D eigenvalue weighted by molar-refractivity contribution is 0.589. The van der Waals surface area contributed by atoms with E-state index in [0.717, 1.165) is 30.7 Å². The van der Waals surface area contributed by atoms with Crippen LogP contribution in [-0.4, -0.2) is 24.6 Å². The van der Waals surface area contributed by atoms with E-state index in [9.17, 15) is 0 Å². The number of aromatic nitrogens is 1. The number of H-pyrrole nitrogens is 1. The van der Waals surface area contributed by atoms with Gasteiger partial charge in [0.05, 0.1) is 0 Å². The Morgan fingerprint density at radius 2 is 2.07 bits per heavy atom. The van der Waals surface area contributed by atoms with E-state index in [2.05, 4.69) is 44.5 Å². The maximum Gasteiger partial charge on any atom is 0.0357 e. The van der Waals surface area contributed by atoms with Gasteiger partial charge in [-0.15, -0.1) is 0 Å². The van der Waals surface area contributed by atoms with E-state index in [0.29, 0.717) is 0 Å². The minimum Gasteiger partial charge on any atom is -0.363 e. The van der Waals surface area contributed by atoms with Crippen molar-refractivity contribution >= 4 is 15.9 Å². The van der Waals surface area contributed by atoms with E-state index in [1.54, 1.807) is 0 Å². The second-order valence-electron chi connectivity index (χ2n) is 3.62. The van der Waals surface area contributed by atoms with Gasteiger partial charge >= 0.3 is 0 Å². The molecule has 0 aliphatic carbocycles. The number of halogens is 1. The monoisotopic (exact) mass is 273 g/mol. The molecule has 1 heterocycles. The highest BCUT2D eigenvalue weighted by atomic mass is 79.9. The zero-order valence-corrected chi connectivity index (χ0v) is 10.9. The molecule has 0 aromatic carbocycles. The standard InChI is InChI=1S/C11H20BrN3/c1-2-4-13-5-3-6-14-9-11-7-10(12)8-15-11/h7-8,13-15H,2-6,9H2,1H3. The molecule has 1 rings (SSSR count). The van der Waals surface area contributed by atoms with E-state index in [1.165, 1.54) is 18.5 Å². The molecule has 0 aliphatic rings. The molecule has 4 heteroatoms. The zero-order valence-electron chi connectivity index (χ0n) is 9.28. The number of hydrogen-bond donors (Lipinski definition) is 3. The molecule has 86 valence electrons. The van der Waals surface area contributed by atoms with Crippen molar-refractivity contribution in [2.45, 2.75) is 26.3 Å². The van der Waals surface area contributed by atoms with Crippen molar-refractivity contribution in [1.29, 1.82) is 0 Å². The third-order valence-electron chi connectivity index (χ3n) is 2.16. The van der Waals surface area contributed by atoms with Crippen molar-refractivity contribution in [3.8, 4) is 0 Å². The second-order valence-corrected chi connectivity index (χ2v) is 4.54. The number of rotatable bonds is 8. The molecule has 0 saturated heterocycles. The quantitative estimate of drug-likeness (QED) is 0.636. The van der Waals surface area contributed by atoms with Crippen molar-refractivity contribution < 1.29 is 0 Å².